The fourth-order valence-corrected chi connectivity index (χ4v) is 4.49. The Labute approximate surface area is 94.0 Å². The Kier molecular flexibility index (Phi) is 2.76. The quantitative estimate of drug-likeness (QED) is 0.642. The normalized spacial score (nSPS) is 40.0. The molecule has 2 saturated carbocycles. The van der Waals surface area contributed by atoms with Gasteiger partial charge in [0.1, 0.15) is 0 Å². The van der Waals surface area contributed by atoms with Gasteiger partial charge in [-0.25, -0.2) is 0 Å². The summed E-state index contributed by atoms with van der Waals surface area (Å²) in [6, 6.07) is 0. The van der Waals surface area contributed by atoms with Gasteiger partial charge in [-0.2, -0.15) is 0 Å². The smallest absolute Gasteiger partial charge is 0.00436 e. The molecule has 0 amide bonds. The molecule has 0 radical (unpaired) electrons. The van der Waals surface area contributed by atoms with Crippen molar-refractivity contribution in [1.82, 2.24) is 5.32 Å². The molecule has 3 aliphatic rings. The highest BCUT2D eigenvalue weighted by molar-refractivity contribution is 4.93. The van der Waals surface area contributed by atoms with Crippen LogP contribution in [0.4, 0.5) is 0 Å². The van der Waals surface area contributed by atoms with Crippen LogP contribution in [0, 0.1) is 17.3 Å². The number of hydrogen-bond donors (Lipinski definition) is 1. The Bertz CT molecular complexity index is 217. The summed E-state index contributed by atoms with van der Waals surface area (Å²) < 4.78 is 0. The van der Waals surface area contributed by atoms with E-state index in [-0.39, 0.29) is 0 Å². The lowest BCUT2D eigenvalue weighted by Gasteiger charge is -2.48. The Morgan fingerprint density at radius 3 is 2.33 bits per heavy atom. The summed E-state index contributed by atoms with van der Waals surface area (Å²) in [6.07, 6.45) is 13.8. The molecule has 1 aliphatic heterocycles. The van der Waals surface area contributed by atoms with Gasteiger partial charge >= 0.3 is 0 Å². The van der Waals surface area contributed by atoms with Crippen LogP contribution < -0.4 is 5.32 Å². The van der Waals surface area contributed by atoms with E-state index in [0.717, 1.165) is 17.3 Å². The number of piperidine rings is 1. The zero-order valence-electron chi connectivity index (χ0n) is 9.93. The summed E-state index contributed by atoms with van der Waals surface area (Å²) in [5.41, 5.74) is 0.782. The van der Waals surface area contributed by atoms with E-state index in [1.165, 1.54) is 38.8 Å². The first kappa shape index (κ1) is 10.1. The highest BCUT2D eigenvalue weighted by Crippen LogP contribution is 2.51. The third-order valence-electron chi connectivity index (χ3n) is 5.47. The molecule has 0 aromatic heterocycles. The second kappa shape index (κ2) is 4.08. The maximum absolute atomic E-state index is 3.53. The van der Waals surface area contributed by atoms with Crippen molar-refractivity contribution in [3.63, 3.8) is 0 Å². The predicted octanol–water partition coefficient (Wildman–Crippen LogP) is 3.35. The molecule has 3 fully saturated rings. The molecule has 1 spiro atoms. The van der Waals surface area contributed by atoms with Crippen LogP contribution >= 0.6 is 0 Å². The first-order valence-electron chi connectivity index (χ1n) is 7.09. The minimum atomic E-state index is 0.782. The molecule has 15 heavy (non-hydrogen) atoms. The van der Waals surface area contributed by atoms with Crippen molar-refractivity contribution in [2.24, 2.45) is 17.3 Å². The molecule has 2 aliphatic carbocycles. The zero-order valence-corrected chi connectivity index (χ0v) is 9.93. The average molecular weight is 207 g/mol. The van der Waals surface area contributed by atoms with Gasteiger partial charge in [0.05, 0.1) is 0 Å². The third kappa shape index (κ3) is 1.95. The molecule has 2 unspecified atom stereocenters. The average Bonchev–Trinajstić information content (AvgIpc) is 2.30. The summed E-state index contributed by atoms with van der Waals surface area (Å²) in [7, 11) is 0. The van der Waals surface area contributed by atoms with E-state index < -0.39 is 0 Å². The van der Waals surface area contributed by atoms with Crippen molar-refractivity contribution in [3.8, 4) is 0 Å². The molecule has 1 heterocycles. The van der Waals surface area contributed by atoms with Crippen molar-refractivity contribution in [1.29, 1.82) is 0 Å². The van der Waals surface area contributed by atoms with Gasteiger partial charge in [-0.3, -0.25) is 0 Å². The second-order valence-corrected chi connectivity index (χ2v) is 6.30. The van der Waals surface area contributed by atoms with Crippen LogP contribution in [0.3, 0.4) is 0 Å². The van der Waals surface area contributed by atoms with Crippen molar-refractivity contribution in [3.05, 3.63) is 0 Å². The molecule has 3 rings (SSSR count). The number of nitrogens with one attached hydrogen (secondary N) is 1. The molecule has 0 bridgehead atoms. The highest BCUT2D eigenvalue weighted by Gasteiger charge is 2.41. The van der Waals surface area contributed by atoms with E-state index >= 15 is 0 Å². The second-order valence-electron chi connectivity index (χ2n) is 6.30. The summed E-state index contributed by atoms with van der Waals surface area (Å²) in [5.74, 6) is 2.24. The standard InChI is InChI=1S/C14H25N/c1-2-4-13-11-14(6-5-12(13)3-1)7-9-15-10-8-14/h12-13,15H,1-11H2. The van der Waals surface area contributed by atoms with Crippen LogP contribution in [-0.4, -0.2) is 13.1 Å². The van der Waals surface area contributed by atoms with Crippen LogP contribution in [0.1, 0.15) is 57.8 Å². The van der Waals surface area contributed by atoms with E-state index in [1.807, 2.05) is 0 Å². The van der Waals surface area contributed by atoms with Gasteiger partial charge in [-0.15, -0.1) is 0 Å². The molecule has 1 N–H and O–H groups in total. The van der Waals surface area contributed by atoms with E-state index in [4.69, 9.17) is 0 Å². The maximum Gasteiger partial charge on any atom is -0.00436 e. The van der Waals surface area contributed by atoms with E-state index in [1.54, 1.807) is 32.1 Å². The fourth-order valence-electron chi connectivity index (χ4n) is 4.49. The fraction of sp³-hybridized carbons (Fsp3) is 1.00. The van der Waals surface area contributed by atoms with Crippen molar-refractivity contribution >= 4 is 0 Å². The van der Waals surface area contributed by atoms with E-state index in [9.17, 15) is 0 Å². The van der Waals surface area contributed by atoms with Crippen LogP contribution in [-0.2, 0) is 0 Å². The first-order chi connectivity index (χ1) is 7.38. The summed E-state index contributed by atoms with van der Waals surface area (Å²) >= 11 is 0. The highest BCUT2D eigenvalue weighted by atomic mass is 14.9. The molecule has 2 atom stereocenters. The van der Waals surface area contributed by atoms with E-state index in [0.29, 0.717) is 0 Å². The molecule has 1 saturated heterocycles. The van der Waals surface area contributed by atoms with Crippen LogP contribution in [0.5, 0.6) is 0 Å². The minimum absolute atomic E-state index is 0.782. The summed E-state index contributed by atoms with van der Waals surface area (Å²) in [4.78, 5) is 0. The van der Waals surface area contributed by atoms with Gasteiger partial charge in [-0.1, -0.05) is 25.7 Å². The zero-order chi connectivity index (χ0) is 10.1. The lowest BCUT2D eigenvalue weighted by atomic mass is 9.58. The largest absolute Gasteiger partial charge is 0.317 e. The molecule has 0 aromatic rings. The van der Waals surface area contributed by atoms with E-state index in [2.05, 4.69) is 5.32 Å². The SMILES string of the molecule is C1CCC2CC3(CCNCC3)CCC2C1. The summed E-state index contributed by atoms with van der Waals surface area (Å²) in [5, 5.41) is 3.53. The molecular formula is C14H25N. The topological polar surface area (TPSA) is 12.0 Å². The minimum Gasteiger partial charge on any atom is -0.317 e. The van der Waals surface area contributed by atoms with Crippen LogP contribution in [0.2, 0.25) is 0 Å². The molecular weight excluding hydrogens is 182 g/mol. The van der Waals surface area contributed by atoms with Crippen molar-refractivity contribution in [2.45, 2.75) is 57.8 Å². The van der Waals surface area contributed by atoms with Gasteiger partial charge in [0.15, 0.2) is 0 Å². The first-order valence-corrected chi connectivity index (χ1v) is 7.09. The van der Waals surface area contributed by atoms with Gasteiger partial charge < -0.3 is 5.32 Å². The molecule has 86 valence electrons. The van der Waals surface area contributed by atoms with Crippen LogP contribution in [0.15, 0.2) is 0 Å². The third-order valence-corrected chi connectivity index (χ3v) is 5.47. The van der Waals surface area contributed by atoms with Crippen molar-refractivity contribution < 1.29 is 0 Å². The maximum atomic E-state index is 3.53. The lowest BCUT2D eigenvalue weighted by molar-refractivity contribution is 0.0354. The summed E-state index contributed by atoms with van der Waals surface area (Å²) in [6.45, 7) is 2.58. The predicted molar refractivity (Wildman–Crippen MR) is 63.8 cm³/mol. The monoisotopic (exact) mass is 207 g/mol. The van der Waals surface area contributed by atoms with Crippen LogP contribution in [0.25, 0.3) is 0 Å². The Balaban J connectivity index is 1.68. The lowest BCUT2D eigenvalue weighted by Crippen LogP contribution is -2.42. The van der Waals surface area contributed by atoms with Gasteiger partial charge in [0.25, 0.3) is 0 Å². The number of rotatable bonds is 0. The number of hydrogen-bond acceptors (Lipinski definition) is 1. The van der Waals surface area contributed by atoms with Gasteiger partial charge in [0, 0.05) is 0 Å². The van der Waals surface area contributed by atoms with Crippen molar-refractivity contribution in [2.75, 3.05) is 13.1 Å². The van der Waals surface area contributed by atoms with Gasteiger partial charge in [-0.05, 0) is 62.4 Å². The Morgan fingerprint density at radius 2 is 1.53 bits per heavy atom. The Morgan fingerprint density at radius 1 is 0.800 bits per heavy atom. The van der Waals surface area contributed by atoms with Gasteiger partial charge in [0.2, 0.25) is 0 Å². The molecule has 1 heteroatoms. The molecule has 1 nitrogen and oxygen atoms in total. The number of fused-ring (bicyclic) bond motifs is 1. The molecule has 0 aromatic carbocycles. The Hall–Kier alpha value is -0.0400.